The third kappa shape index (κ3) is 1.88. The molecule has 0 saturated carbocycles. The minimum atomic E-state index is 0.979. The summed E-state index contributed by atoms with van der Waals surface area (Å²) in [6.07, 6.45) is 7.52. The molecule has 0 fully saturated rings. The molecule has 54 valence electrons. The predicted molar refractivity (Wildman–Crippen MR) is 45.6 cm³/mol. The molecular formula is C6H8N2S2. The number of nitrogens with zero attached hydrogens (tertiary/aromatic N) is 2. The average Bonchev–Trinajstić information content (AvgIpc) is 2.05. The molecule has 0 bridgehead atoms. The van der Waals surface area contributed by atoms with Gasteiger partial charge in [-0.2, -0.15) is 0 Å². The molecule has 0 saturated heterocycles. The molecule has 1 aromatic rings. The van der Waals surface area contributed by atoms with Gasteiger partial charge in [0.1, 0.15) is 10.1 Å². The Morgan fingerprint density at radius 1 is 1.10 bits per heavy atom. The van der Waals surface area contributed by atoms with E-state index >= 15 is 0 Å². The van der Waals surface area contributed by atoms with Crippen LogP contribution in [0.2, 0.25) is 0 Å². The molecule has 4 heteroatoms. The van der Waals surface area contributed by atoms with Crippen molar-refractivity contribution >= 4 is 23.5 Å². The average molecular weight is 172 g/mol. The highest BCUT2D eigenvalue weighted by Crippen LogP contribution is 2.14. The monoisotopic (exact) mass is 172 g/mol. The van der Waals surface area contributed by atoms with Crippen molar-refractivity contribution < 1.29 is 0 Å². The third-order valence-corrected chi connectivity index (χ3v) is 2.24. The van der Waals surface area contributed by atoms with Gasteiger partial charge < -0.3 is 0 Å². The van der Waals surface area contributed by atoms with Gasteiger partial charge in [0.15, 0.2) is 0 Å². The van der Waals surface area contributed by atoms with E-state index in [2.05, 4.69) is 9.97 Å². The lowest BCUT2D eigenvalue weighted by Crippen LogP contribution is -1.83. The van der Waals surface area contributed by atoms with Crippen molar-refractivity contribution in [3.05, 3.63) is 12.4 Å². The highest BCUT2D eigenvalue weighted by atomic mass is 32.2. The SMILES string of the molecule is CSc1cncc(SC)n1. The van der Waals surface area contributed by atoms with E-state index in [0.29, 0.717) is 0 Å². The first-order valence-corrected chi connectivity index (χ1v) is 5.22. The Morgan fingerprint density at radius 3 is 2.00 bits per heavy atom. The Bertz CT molecular complexity index is 195. The minimum absolute atomic E-state index is 0.979. The maximum Gasteiger partial charge on any atom is 0.115 e. The van der Waals surface area contributed by atoms with E-state index in [1.165, 1.54) is 0 Å². The predicted octanol–water partition coefficient (Wildman–Crippen LogP) is 1.92. The summed E-state index contributed by atoms with van der Waals surface area (Å²) in [6, 6.07) is 0. The van der Waals surface area contributed by atoms with Crippen LogP contribution >= 0.6 is 23.5 Å². The highest BCUT2D eigenvalue weighted by molar-refractivity contribution is 7.99. The number of hydrogen-bond donors (Lipinski definition) is 0. The molecule has 0 aliphatic carbocycles. The summed E-state index contributed by atoms with van der Waals surface area (Å²) in [5.74, 6) is 0. The molecule has 10 heavy (non-hydrogen) atoms. The molecular weight excluding hydrogens is 164 g/mol. The maximum absolute atomic E-state index is 4.27. The first-order valence-electron chi connectivity index (χ1n) is 2.77. The smallest absolute Gasteiger partial charge is 0.115 e. The Kier molecular flexibility index (Phi) is 3.02. The van der Waals surface area contributed by atoms with Crippen molar-refractivity contribution in [1.29, 1.82) is 0 Å². The van der Waals surface area contributed by atoms with E-state index in [4.69, 9.17) is 0 Å². The lowest BCUT2D eigenvalue weighted by Gasteiger charge is -1.95. The van der Waals surface area contributed by atoms with Crippen molar-refractivity contribution in [3.8, 4) is 0 Å². The third-order valence-electron chi connectivity index (χ3n) is 1.01. The van der Waals surface area contributed by atoms with Gasteiger partial charge in [-0.05, 0) is 12.5 Å². The van der Waals surface area contributed by atoms with Crippen molar-refractivity contribution in [1.82, 2.24) is 9.97 Å². The van der Waals surface area contributed by atoms with E-state index in [1.807, 2.05) is 12.5 Å². The van der Waals surface area contributed by atoms with Crippen molar-refractivity contribution in [3.63, 3.8) is 0 Å². The number of hydrogen-bond acceptors (Lipinski definition) is 4. The van der Waals surface area contributed by atoms with E-state index in [-0.39, 0.29) is 0 Å². The number of aromatic nitrogens is 2. The standard InChI is InChI=1S/C6H8N2S2/c1-9-5-3-7-4-6(8-5)10-2/h3-4H,1-2H3. The van der Waals surface area contributed by atoms with E-state index in [9.17, 15) is 0 Å². The lowest BCUT2D eigenvalue weighted by atomic mass is 10.8. The molecule has 0 N–H and O–H groups in total. The van der Waals surface area contributed by atoms with Crippen LogP contribution in [0, 0.1) is 0 Å². The molecule has 0 aromatic carbocycles. The molecule has 0 radical (unpaired) electrons. The quantitative estimate of drug-likeness (QED) is 0.636. The van der Waals surface area contributed by atoms with E-state index < -0.39 is 0 Å². The summed E-state index contributed by atoms with van der Waals surface area (Å²) in [5.41, 5.74) is 0. The molecule has 1 aromatic heterocycles. The van der Waals surface area contributed by atoms with Gasteiger partial charge in [0, 0.05) is 0 Å². The zero-order chi connectivity index (χ0) is 7.40. The van der Waals surface area contributed by atoms with Crippen LogP contribution in [0.4, 0.5) is 0 Å². The normalized spacial score (nSPS) is 9.80. The van der Waals surface area contributed by atoms with Gasteiger partial charge >= 0.3 is 0 Å². The molecule has 0 aliphatic rings. The van der Waals surface area contributed by atoms with E-state index in [1.54, 1.807) is 35.9 Å². The second kappa shape index (κ2) is 3.83. The summed E-state index contributed by atoms with van der Waals surface area (Å²) in [6.45, 7) is 0. The zero-order valence-electron chi connectivity index (χ0n) is 5.87. The fourth-order valence-corrected chi connectivity index (χ4v) is 1.30. The molecule has 0 atom stereocenters. The first kappa shape index (κ1) is 7.88. The molecule has 1 heterocycles. The molecule has 1 rings (SSSR count). The van der Waals surface area contributed by atoms with Gasteiger partial charge in [0.25, 0.3) is 0 Å². The highest BCUT2D eigenvalue weighted by Gasteiger charge is 1.93. The summed E-state index contributed by atoms with van der Waals surface area (Å²) in [5, 5.41) is 1.96. The fraction of sp³-hybridized carbons (Fsp3) is 0.333. The van der Waals surface area contributed by atoms with Crippen LogP contribution in [0.15, 0.2) is 22.4 Å². The molecule has 0 spiro atoms. The molecule has 0 unspecified atom stereocenters. The van der Waals surface area contributed by atoms with Crippen LogP contribution in [0.25, 0.3) is 0 Å². The second-order valence-corrected chi connectivity index (χ2v) is 3.26. The summed E-state index contributed by atoms with van der Waals surface area (Å²) in [7, 11) is 0. The Hall–Kier alpha value is -0.220. The van der Waals surface area contributed by atoms with Gasteiger partial charge in [0.2, 0.25) is 0 Å². The number of rotatable bonds is 2. The van der Waals surface area contributed by atoms with Crippen LogP contribution in [0.1, 0.15) is 0 Å². The molecule has 0 aliphatic heterocycles. The maximum atomic E-state index is 4.27. The van der Waals surface area contributed by atoms with Crippen molar-refractivity contribution in [2.45, 2.75) is 10.1 Å². The zero-order valence-corrected chi connectivity index (χ0v) is 7.50. The lowest BCUT2D eigenvalue weighted by molar-refractivity contribution is 0.949. The Balaban J connectivity index is 2.87. The van der Waals surface area contributed by atoms with Gasteiger partial charge in [-0.25, -0.2) is 4.98 Å². The Labute approximate surface area is 68.8 Å². The summed E-state index contributed by atoms with van der Waals surface area (Å²) in [4.78, 5) is 8.30. The van der Waals surface area contributed by atoms with Crippen LogP contribution in [0.5, 0.6) is 0 Å². The summed E-state index contributed by atoms with van der Waals surface area (Å²) >= 11 is 3.22. The molecule has 2 nitrogen and oxygen atoms in total. The topological polar surface area (TPSA) is 25.8 Å². The van der Waals surface area contributed by atoms with Crippen molar-refractivity contribution in [2.24, 2.45) is 0 Å². The van der Waals surface area contributed by atoms with Gasteiger partial charge in [0.05, 0.1) is 12.4 Å². The van der Waals surface area contributed by atoms with Crippen LogP contribution in [0.3, 0.4) is 0 Å². The van der Waals surface area contributed by atoms with Crippen LogP contribution < -0.4 is 0 Å². The van der Waals surface area contributed by atoms with Gasteiger partial charge in [-0.3, -0.25) is 4.98 Å². The Morgan fingerprint density at radius 2 is 1.60 bits per heavy atom. The van der Waals surface area contributed by atoms with Crippen molar-refractivity contribution in [2.75, 3.05) is 12.5 Å². The first-order chi connectivity index (χ1) is 4.86. The number of thioether (sulfide) groups is 2. The van der Waals surface area contributed by atoms with Gasteiger partial charge in [-0.1, -0.05) is 0 Å². The minimum Gasteiger partial charge on any atom is -0.259 e. The summed E-state index contributed by atoms with van der Waals surface area (Å²) < 4.78 is 0. The van der Waals surface area contributed by atoms with Crippen LogP contribution in [-0.4, -0.2) is 22.5 Å². The van der Waals surface area contributed by atoms with Crippen LogP contribution in [-0.2, 0) is 0 Å². The molecule has 0 amide bonds. The largest absolute Gasteiger partial charge is 0.259 e. The van der Waals surface area contributed by atoms with E-state index in [0.717, 1.165) is 10.1 Å². The fourth-order valence-electron chi connectivity index (χ4n) is 0.528. The van der Waals surface area contributed by atoms with Gasteiger partial charge in [-0.15, -0.1) is 23.5 Å². The second-order valence-electron chi connectivity index (χ2n) is 1.60.